The number of carboxylic acid groups (broad SMARTS) is 1. The number of hydrogen-bond donors (Lipinski definition) is 3. The Morgan fingerprint density at radius 2 is 1.35 bits per heavy atom. The van der Waals surface area contributed by atoms with Gasteiger partial charge in [0.15, 0.2) is 5.60 Å². The van der Waals surface area contributed by atoms with Gasteiger partial charge in [-0.15, -0.1) is 0 Å². The van der Waals surface area contributed by atoms with Gasteiger partial charge in [-0.2, -0.15) is 0 Å². The number of phenolic OH excluding ortho intramolecular Hbond substituents is 2. The van der Waals surface area contributed by atoms with E-state index in [0.717, 1.165) is 11.1 Å². The molecule has 1 aliphatic heterocycles. The maximum Gasteiger partial charge on any atom is 0.340 e. The number of esters is 1. The van der Waals surface area contributed by atoms with Crippen LogP contribution in [0.1, 0.15) is 59.7 Å². The molecule has 3 N–H and O–H groups in total. The van der Waals surface area contributed by atoms with Crippen molar-refractivity contribution in [2.24, 2.45) is 0 Å². The van der Waals surface area contributed by atoms with Crippen LogP contribution in [0.2, 0.25) is 0 Å². The normalized spacial score (nSPS) is 14.3. The van der Waals surface area contributed by atoms with Crippen LogP contribution in [0.4, 0.5) is 0 Å². The van der Waals surface area contributed by atoms with Crippen molar-refractivity contribution in [3.05, 3.63) is 92.5 Å². The van der Waals surface area contributed by atoms with Crippen molar-refractivity contribution in [3.63, 3.8) is 0 Å². The summed E-state index contributed by atoms with van der Waals surface area (Å²) in [6, 6.07) is 10.6. The van der Waals surface area contributed by atoms with E-state index < -0.39 is 17.5 Å². The molecule has 0 fully saturated rings. The van der Waals surface area contributed by atoms with E-state index in [-0.39, 0.29) is 28.2 Å². The van der Waals surface area contributed by atoms with E-state index in [0.29, 0.717) is 22.3 Å². The van der Waals surface area contributed by atoms with Crippen LogP contribution >= 0.6 is 0 Å². The highest BCUT2D eigenvalue weighted by molar-refractivity contribution is 5.99. The molecule has 0 saturated heterocycles. The first kappa shape index (κ1) is 20.5. The fourth-order valence-electron chi connectivity index (χ4n) is 4.38. The van der Waals surface area contributed by atoms with Crippen molar-refractivity contribution < 1.29 is 29.6 Å². The maximum absolute atomic E-state index is 13.0. The second kappa shape index (κ2) is 6.87. The monoisotopic (exact) mass is 418 g/mol. The number of ether oxygens (including phenoxy) is 1. The van der Waals surface area contributed by atoms with Gasteiger partial charge in [-0.1, -0.05) is 12.1 Å². The Labute approximate surface area is 179 Å². The number of aromatic carboxylic acids is 1. The lowest BCUT2D eigenvalue weighted by atomic mass is 9.74. The van der Waals surface area contributed by atoms with Crippen molar-refractivity contribution in [3.8, 4) is 11.5 Å². The van der Waals surface area contributed by atoms with Crippen molar-refractivity contribution in [2.45, 2.75) is 33.3 Å². The van der Waals surface area contributed by atoms with Crippen LogP contribution < -0.4 is 0 Å². The molecule has 31 heavy (non-hydrogen) atoms. The van der Waals surface area contributed by atoms with Crippen molar-refractivity contribution in [2.75, 3.05) is 0 Å². The standard InChI is InChI=1S/C25H22O6/c1-12-5-9-19(26)21(14(12)3)25(22-15(4)13(2)6-10-20(22)27)18-11-16(23(28)29)7-8-17(18)24(30)31-25/h5-11,26-27H,1-4H3,(H,28,29). The number of hydrogen-bond acceptors (Lipinski definition) is 5. The molecule has 0 amide bonds. The first-order valence-electron chi connectivity index (χ1n) is 9.80. The predicted molar refractivity (Wildman–Crippen MR) is 114 cm³/mol. The summed E-state index contributed by atoms with van der Waals surface area (Å²) in [7, 11) is 0. The molecule has 3 aromatic carbocycles. The summed E-state index contributed by atoms with van der Waals surface area (Å²) in [5, 5.41) is 31.5. The maximum atomic E-state index is 13.0. The second-order valence-electron chi connectivity index (χ2n) is 7.94. The molecule has 0 unspecified atom stereocenters. The minimum atomic E-state index is -1.71. The van der Waals surface area contributed by atoms with Gasteiger partial charge in [0.05, 0.1) is 11.1 Å². The smallest absolute Gasteiger partial charge is 0.340 e. The average molecular weight is 418 g/mol. The molecule has 3 aromatic rings. The van der Waals surface area contributed by atoms with E-state index in [2.05, 4.69) is 0 Å². The molecular weight excluding hydrogens is 396 g/mol. The van der Waals surface area contributed by atoms with Gasteiger partial charge in [0.1, 0.15) is 11.5 Å². The number of aromatic hydroxyl groups is 2. The molecule has 0 aromatic heterocycles. The van der Waals surface area contributed by atoms with Gasteiger partial charge in [-0.25, -0.2) is 9.59 Å². The van der Waals surface area contributed by atoms with E-state index in [1.165, 1.54) is 30.3 Å². The van der Waals surface area contributed by atoms with Crippen molar-refractivity contribution in [1.82, 2.24) is 0 Å². The van der Waals surface area contributed by atoms with E-state index in [4.69, 9.17) is 4.74 Å². The van der Waals surface area contributed by atoms with Crippen LogP contribution in [0.5, 0.6) is 11.5 Å². The van der Waals surface area contributed by atoms with Crippen LogP contribution in [0.3, 0.4) is 0 Å². The topological polar surface area (TPSA) is 104 Å². The fourth-order valence-corrected chi connectivity index (χ4v) is 4.38. The van der Waals surface area contributed by atoms with Gasteiger partial charge in [-0.05, 0) is 80.3 Å². The van der Waals surface area contributed by atoms with Crippen molar-refractivity contribution >= 4 is 11.9 Å². The van der Waals surface area contributed by atoms with Gasteiger partial charge in [0, 0.05) is 16.7 Å². The van der Waals surface area contributed by atoms with E-state index >= 15 is 0 Å². The van der Waals surface area contributed by atoms with Crippen molar-refractivity contribution in [1.29, 1.82) is 0 Å². The third-order valence-electron chi connectivity index (χ3n) is 6.24. The Morgan fingerprint density at radius 3 is 1.84 bits per heavy atom. The minimum Gasteiger partial charge on any atom is -0.507 e. The molecule has 1 aliphatic rings. The minimum absolute atomic E-state index is 0.0315. The second-order valence-corrected chi connectivity index (χ2v) is 7.94. The number of cyclic esters (lactones) is 1. The van der Waals surface area contributed by atoms with Crippen LogP contribution in [0.15, 0.2) is 42.5 Å². The molecule has 4 rings (SSSR count). The molecule has 0 radical (unpaired) electrons. The molecule has 158 valence electrons. The molecular formula is C25H22O6. The molecule has 1 heterocycles. The third-order valence-corrected chi connectivity index (χ3v) is 6.24. The zero-order valence-corrected chi connectivity index (χ0v) is 17.6. The molecule has 0 bridgehead atoms. The predicted octanol–water partition coefficient (Wildman–Crippen LogP) is 4.49. The molecule has 0 aliphatic carbocycles. The van der Waals surface area contributed by atoms with Gasteiger partial charge in [-0.3, -0.25) is 0 Å². The fraction of sp³-hybridized carbons (Fsp3) is 0.200. The Bertz CT molecular complexity index is 1210. The van der Waals surface area contributed by atoms with Crippen LogP contribution in [-0.2, 0) is 10.3 Å². The summed E-state index contributed by atoms with van der Waals surface area (Å²) in [5.74, 6) is -2.06. The summed E-state index contributed by atoms with van der Waals surface area (Å²) in [6.45, 7) is 7.31. The van der Waals surface area contributed by atoms with Gasteiger partial charge < -0.3 is 20.1 Å². The van der Waals surface area contributed by atoms with E-state index in [1.807, 2.05) is 13.8 Å². The Hall–Kier alpha value is -3.80. The number of rotatable bonds is 3. The highest BCUT2D eigenvalue weighted by Gasteiger charge is 2.53. The number of benzene rings is 3. The molecule has 0 atom stereocenters. The lowest BCUT2D eigenvalue weighted by Gasteiger charge is -2.34. The Kier molecular flexibility index (Phi) is 4.54. The largest absolute Gasteiger partial charge is 0.507 e. The van der Waals surface area contributed by atoms with Crippen LogP contribution in [0.25, 0.3) is 0 Å². The molecule has 0 saturated carbocycles. The lowest BCUT2D eigenvalue weighted by Crippen LogP contribution is -2.32. The average Bonchev–Trinajstić information content (AvgIpc) is 3.00. The van der Waals surface area contributed by atoms with E-state index in [1.54, 1.807) is 26.0 Å². The Morgan fingerprint density at radius 1 is 0.839 bits per heavy atom. The first-order valence-corrected chi connectivity index (χ1v) is 9.80. The SMILES string of the molecule is Cc1ccc(O)c(C2(c3c(O)ccc(C)c3C)OC(=O)c3ccc(C(=O)O)cc32)c1C. The van der Waals surface area contributed by atoms with Gasteiger partial charge in [0.25, 0.3) is 0 Å². The first-order chi connectivity index (χ1) is 14.6. The van der Waals surface area contributed by atoms with Gasteiger partial charge >= 0.3 is 11.9 Å². The number of carbonyl (C=O) groups is 2. The van der Waals surface area contributed by atoms with E-state index in [9.17, 15) is 24.9 Å². The number of fused-ring (bicyclic) bond motifs is 1. The summed E-state index contributed by atoms with van der Waals surface area (Å²) >= 11 is 0. The molecule has 0 spiro atoms. The highest BCUT2D eigenvalue weighted by atomic mass is 16.6. The third kappa shape index (κ3) is 2.79. The summed E-state index contributed by atoms with van der Waals surface area (Å²) in [6.07, 6.45) is 0. The summed E-state index contributed by atoms with van der Waals surface area (Å²) < 4.78 is 6.01. The zero-order valence-electron chi connectivity index (χ0n) is 17.6. The van der Waals surface area contributed by atoms with Crippen LogP contribution in [-0.4, -0.2) is 27.3 Å². The van der Waals surface area contributed by atoms with Crippen LogP contribution in [0, 0.1) is 27.7 Å². The Balaban J connectivity index is 2.25. The molecule has 6 nitrogen and oxygen atoms in total. The lowest BCUT2D eigenvalue weighted by molar-refractivity contribution is 0.0236. The number of carboxylic acids is 1. The highest BCUT2D eigenvalue weighted by Crippen LogP contribution is 2.54. The molecule has 6 heteroatoms. The quantitative estimate of drug-likeness (QED) is 0.542. The summed E-state index contributed by atoms with van der Waals surface area (Å²) in [5.41, 5.74) is 2.33. The summed E-state index contributed by atoms with van der Waals surface area (Å²) in [4.78, 5) is 24.7. The zero-order chi connectivity index (χ0) is 22.7. The van der Waals surface area contributed by atoms with Gasteiger partial charge in [0.2, 0.25) is 0 Å². The number of phenols is 2. The number of aryl methyl sites for hydroxylation is 2. The number of carbonyl (C=O) groups excluding carboxylic acids is 1.